The summed E-state index contributed by atoms with van der Waals surface area (Å²) in [5, 5.41) is 0. The molecule has 5 aromatic carbocycles. The van der Waals surface area contributed by atoms with Gasteiger partial charge in [-0.1, -0.05) is 12.1 Å². The van der Waals surface area contributed by atoms with Crippen LogP contribution < -0.4 is 33.3 Å². The highest BCUT2D eigenvalue weighted by Crippen LogP contribution is 2.41. The number of hydrogen-bond acceptors (Lipinski definition) is 8. The second-order valence-electron chi connectivity index (χ2n) is 12.0. The molecule has 0 spiro atoms. The Morgan fingerprint density at radius 1 is 0.415 bits per heavy atom. The van der Waals surface area contributed by atoms with E-state index in [9.17, 15) is 0 Å². The first kappa shape index (κ1) is 36.6. The summed E-state index contributed by atoms with van der Waals surface area (Å²) in [5.74, 6) is 4.49. The standard InChI is InChI=1S/C45H46N2O6/c1-7-50-38-23-25-40(44(29-38)52-9-3)42-27-32(28-43(46-42)41-26-24-39(51-8-2)30-45(41)53-10-4)31-11-13-33(14-12-31)47(34-15-19-36(48-5)20-16-34)35-17-21-37(49-6)22-18-35/h11-30H,7-10H2,1-6H3. The van der Waals surface area contributed by atoms with Crippen molar-refractivity contribution in [2.24, 2.45) is 0 Å². The van der Waals surface area contributed by atoms with E-state index < -0.39 is 0 Å². The molecule has 0 aliphatic carbocycles. The van der Waals surface area contributed by atoms with E-state index in [1.54, 1.807) is 14.2 Å². The molecule has 272 valence electrons. The molecule has 6 aromatic rings. The van der Waals surface area contributed by atoms with E-state index in [0.717, 1.165) is 73.7 Å². The average Bonchev–Trinajstić information content (AvgIpc) is 3.19. The van der Waals surface area contributed by atoms with Crippen LogP contribution in [0.3, 0.4) is 0 Å². The minimum atomic E-state index is 0.503. The summed E-state index contributed by atoms with van der Waals surface area (Å²) in [4.78, 5) is 7.42. The average molecular weight is 711 g/mol. The summed E-state index contributed by atoms with van der Waals surface area (Å²) in [5.41, 5.74) is 8.26. The molecule has 1 aromatic heterocycles. The Hall–Kier alpha value is -6.15. The number of benzene rings is 5. The van der Waals surface area contributed by atoms with Crippen LogP contribution in [-0.4, -0.2) is 45.6 Å². The zero-order chi connectivity index (χ0) is 37.2. The van der Waals surface area contributed by atoms with Gasteiger partial charge < -0.3 is 33.3 Å². The Morgan fingerprint density at radius 2 is 0.792 bits per heavy atom. The minimum Gasteiger partial charge on any atom is -0.497 e. The summed E-state index contributed by atoms with van der Waals surface area (Å²) in [6.07, 6.45) is 0. The van der Waals surface area contributed by atoms with Crippen molar-refractivity contribution in [2.75, 3.05) is 45.5 Å². The van der Waals surface area contributed by atoms with Crippen molar-refractivity contribution in [3.8, 4) is 68.1 Å². The van der Waals surface area contributed by atoms with Crippen molar-refractivity contribution in [1.29, 1.82) is 0 Å². The Kier molecular flexibility index (Phi) is 12.0. The molecule has 0 radical (unpaired) electrons. The molecule has 6 rings (SSSR count). The first-order chi connectivity index (χ1) is 26.0. The van der Waals surface area contributed by atoms with E-state index >= 15 is 0 Å². The number of nitrogens with zero attached hydrogens (tertiary/aromatic N) is 2. The Morgan fingerprint density at radius 3 is 1.17 bits per heavy atom. The molecule has 0 unspecified atom stereocenters. The van der Waals surface area contributed by atoms with Crippen molar-refractivity contribution in [3.05, 3.63) is 121 Å². The van der Waals surface area contributed by atoms with Gasteiger partial charge in [0.1, 0.15) is 34.5 Å². The summed E-state index contributed by atoms with van der Waals surface area (Å²) in [7, 11) is 3.35. The highest BCUT2D eigenvalue weighted by atomic mass is 16.5. The van der Waals surface area contributed by atoms with E-state index in [-0.39, 0.29) is 0 Å². The molecule has 1 heterocycles. The zero-order valence-electron chi connectivity index (χ0n) is 31.2. The summed E-state index contributed by atoms with van der Waals surface area (Å²) in [6.45, 7) is 10.0. The van der Waals surface area contributed by atoms with Gasteiger partial charge in [0.05, 0.1) is 52.0 Å². The third-order valence-corrected chi connectivity index (χ3v) is 8.63. The lowest BCUT2D eigenvalue weighted by atomic mass is 9.98. The van der Waals surface area contributed by atoms with Crippen LogP contribution in [0.4, 0.5) is 17.1 Å². The number of rotatable bonds is 16. The van der Waals surface area contributed by atoms with Gasteiger partial charge in [-0.05, 0) is 136 Å². The number of methoxy groups -OCH3 is 2. The smallest absolute Gasteiger partial charge is 0.132 e. The lowest BCUT2D eigenvalue weighted by molar-refractivity contribution is 0.323. The Bertz CT molecular complexity index is 1970. The van der Waals surface area contributed by atoms with E-state index in [2.05, 4.69) is 65.6 Å². The van der Waals surface area contributed by atoms with E-state index in [0.29, 0.717) is 37.9 Å². The van der Waals surface area contributed by atoms with Gasteiger partial charge >= 0.3 is 0 Å². The van der Waals surface area contributed by atoms with E-state index in [1.807, 2.05) is 88.4 Å². The van der Waals surface area contributed by atoms with Gasteiger partial charge in [0.25, 0.3) is 0 Å². The molecule has 8 heteroatoms. The fourth-order valence-electron chi connectivity index (χ4n) is 6.18. The van der Waals surface area contributed by atoms with Gasteiger partial charge in [0.2, 0.25) is 0 Å². The third kappa shape index (κ3) is 8.50. The first-order valence-corrected chi connectivity index (χ1v) is 18.0. The van der Waals surface area contributed by atoms with Crippen LogP contribution in [-0.2, 0) is 0 Å². The predicted octanol–water partition coefficient (Wildman–Crippen LogP) is 11.2. The third-order valence-electron chi connectivity index (χ3n) is 8.63. The zero-order valence-corrected chi connectivity index (χ0v) is 31.2. The monoisotopic (exact) mass is 710 g/mol. The van der Waals surface area contributed by atoms with Crippen molar-refractivity contribution in [1.82, 2.24) is 4.98 Å². The van der Waals surface area contributed by atoms with Crippen molar-refractivity contribution in [2.45, 2.75) is 27.7 Å². The maximum absolute atomic E-state index is 6.15. The molecule has 0 bridgehead atoms. The molecule has 0 saturated heterocycles. The van der Waals surface area contributed by atoms with Crippen LogP contribution in [0, 0.1) is 0 Å². The second-order valence-corrected chi connectivity index (χ2v) is 12.0. The van der Waals surface area contributed by atoms with E-state index in [4.69, 9.17) is 33.4 Å². The van der Waals surface area contributed by atoms with Gasteiger partial charge in [0.15, 0.2) is 0 Å². The van der Waals surface area contributed by atoms with Gasteiger partial charge in [-0.2, -0.15) is 0 Å². The summed E-state index contributed by atoms with van der Waals surface area (Å²) >= 11 is 0. The summed E-state index contributed by atoms with van der Waals surface area (Å²) in [6, 6.07) is 40.6. The van der Waals surface area contributed by atoms with Crippen molar-refractivity contribution < 1.29 is 28.4 Å². The number of ether oxygens (including phenoxy) is 6. The lowest BCUT2D eigenvalue weighted by Crippen LogP contribution is -2.09. The Labute approximate surface area is 312 Å². The SMILES string of the molecule is CCOc1ccc(-c2cc(-c3ccc(N(c4ccc(OC)cc4)c4ccc(OC)cc4)cc3)cc(-c3ccc(OCC)cc3OCC)n2)c(OCC)c1. The number of pyridine rings is 1. The topological polar surface area (TPSA) is 71.5 Å². The van der Waals surface area contributed by atoms with Crippen LogP contribution in [0.1, 0.15) is 27.7 Å². The second kappa shape index (κ2) is 17.4. The molecular weight excluding hydrogens is 665 g/mol. The van der Waals surface area contributed by atoms with Crippen LogP contribution in [0.25, 0.3) is 33.6 Å². The van der Waals surface area contributed by atoms with Crippen molar-refractivity contribution >= 4 is 17.1 Å². The van der Waals surface area contributed by atoms with Crippen LogP contribution >= 0.6 is 0 Å². The molecule has 0 N–H and O–H groups in total. The molecule has 8 nitrogen and oxygen atoms in total. The van der Waals surface area contributed by atoms with Crippen LogP contribution in [0.5, 0.6) is 34.5 Å². The van der Waals surface area contributed by atoms with Crippen LogP contribution in [0.15, 0.2) is 121 Å². The number of aromatic nitrogens is 1. The molecule has 0 amide bonds. The highest BCUT2D eigenvalue weighted by Gasteiger charge is 2.18. The van der Waals surface area contributed by atoms with Gasteiger partial charge in [-0.3, -0.25) is 0 Å². The molecule has 0 fully saturated rings. The number of hydrogen-bond donors (Lipinski definition) is 0. The summed E-state index contributed by atoms with van der Waals surface area (Å²) < 4.78 is 34.8. The normalized spacial score (nSPS) is 10.8. The molecule has 0 saturated carbocycles. The largest absolute Gasteiger partial charge is 0.497 e. The van der Waals surface area contributed by atoms with Gasteiger partial charge in [-0.15, -0.1) is 0 Å². The molecule has 53 heavy (non-hydrogen) atoms. The highest BCUT2D eigenvalue weighted by molar-refractivity contribution is 5.83. The lowest BCUT2D eigenvalue weighted by Gasteiger charge is -2.26. The predicted molar refractivity (Wildman–Crippen MR) is 213 cm³/mol. The quantitative estimate of drug-likeness (QED) is 0.0983. The maximum atomic E-state index is 6.15. The van der Waals surface area contributed by atoms with Gasteiger partial charge in [-0.25, -0.2) is 4.98 Å². The molecule has 0 aliphatic heterocycles. The van der Waals surface area contributed by atoms with Gasteiger partial charge in [0, 0.05) is 40.3 Å². The number of anilines is 3. The molecule has 0 aliphatic rings. The van der Waals surface area contributed by atoms with Crippen LogP contribution in [0.2, 0.25) is 0 Å². The molecule has 0 atom stereocenters. The Balaban J connectivity index is 1.48. The van der Waals surface area contributed by atoms with Crippen molar-refractivity contribution in [3.63, 3.8) is 0 Å². The van der Waals surface area contributed by atoms with E-state index in [1.165, 1.54) is 0 Å². The fraction of sp³-hybridized carbons (Fsp3) is 0.222. The minimum absolute atomic E-state index is 0.503. The maximum Gasteiger partial charge on any atom is 0.132 e. The fourth-order valence-corrected chi connectivity index (χ4v) is 6.18. The molecular formula is C45H46N2O6. The first-order valence-electron chi connectivity index (χ1n) is 18.0.